The Bertz CT molecular complexity index is 487. The van der Waals surface area contributed by atoms with Crippen molar-refractivity contribution in [3.63, 3.8) is 0 Å². The molecular weight excluding hydrogens is 236 g/mol. The summed E-state index contributed by atoms with van der Waals surface area (Å²) in [6.07, 6.45) is 2.87. The highest BCUT2D eigenvalue weighted by Crippen LogP contribution is 2.37. The van der Waals surface area contributed by atoms with Gasteiger partial charge in [-0.1, -0.05) is 6.07 Å². The van der Waals surface area contributed by atoms with Crippen LogP contribution in [0.1, 0.15) is 17.9 Å². The van der Waals surface area contributed by atoms with Gasteiger partial charge in [0.05, 0.1) is 6.61 Å². The van der Waals surface area contributed by atoms with E-state index in [1.54, 1.807) is 6.07 Å². The second-order valence-corrected chi connectivity index (χ2v) is 4.85. The van der Waals surface area contributed by atoms with Crippen LogP contribution in [0.3, 0.4) is 0 Å². The van der Waals surface area contributed by atoms with Gasteiger partial charge in [-0.15, -0.1) is 0 Å². The van der Waals surface area contributed by atoms with E-state index >= 15 is 0 Å². The van der Waals surface area contributed by atoms with Crippen LogP contribution in [0.25, 0.3) is 0 Å². The van der Waals surface area contributed by atoms with E-state index in [0.29, 0.717) is 31.2 Å². The molecule has 0 bridgehead atoms. The summed E-state index contributed by atoms with van der Waals surface area (Å²) in [6.45, 7) is 2.01. The van der Waals surface area contributed by atoms with Crippen LogP contribution in [0.15, 0.2) is 30.0 Å². The van der Waals surface area contributed by atoms with E-state index in [4.69, 9.17) is 4.74 Å². The van der Waals surface area contributed by atoms with Gasteiger partial charge in [0, 0.05) is 25.1 Å². The first-order valence-electron chi connectivity index (χ1n) is 6.20. The Balaban J connectivity index is 1.93. The Morgan fingerprint density at radius 1 is 1.22 bits per heavy atom. The third-order valence-corrected chi connectivity index (χ3v) is 3.79. The van der Waals surface area contributed by atoms with Gasteiger partial charge in [-0.2, -0.15) is 0 Å². The Morgan fingerprint density at radius 3 is 2.94 bits per heavy atom. The summed E-state index contributed by atoms with van der Waals surface area (Å²) in [5.74, 6) is -0.605. The van der Waals surface area contributed by atoms with Crippen molar-refractivity contribution in [2.45, 2.75) is 12.3 Å². The highest BCUT2D eigenvalue weighted by atomic mass is 19.1. The quantitative estimate of drug-likeness (QED) is 0.828. The Hall–Kier alpha value is -1.42. The fraction of sp³-hybridized carbons (Fsp3) is 0.429. The molecule has 0 saturated carbocycles. The number of nitrogens with one attached hydrogen (secondary N) is 1. The molecule has 2 aliphatic rings. The van der Waals surface area contributed by atoms with Crippen molar-refractivity contribution in [2.24, 2.45) is 5.92 Å². The molecule has 2 atom stereocenters. The molecule has 4 heteroatoms. The summed E-state index contributed by atoms with van der Waals surface area (Å²) in [7, 11) is 0. The van der Waals surface area contributed by atoms with Crippen molar-refractivity contribution in [1.82, 2.24) is 5.32 Å². The molecule has 2 heterocycles. The van der Waals surface area contributed by atoms with Crippen LogP contribution in [0, 0.1) is 17.6 Å². The van der Waals surface area contributed by atoms with Crippen LogP contribution >= 0.6 is 0 Å². The summed E-state index contributed by atoms with van der Waals surface area (Å²) in [4.78, 5) is 0. The zero-order valence-corrected chi connectivity index (χ0v) is 9.96. The molecule has 18 heavy (non-hydrogen) atoms. The van der Waals surface area contributed by atoms with Crippen molar-refractivity contribution in [2.75, 3.05) is 19.8 Å². The molecule has 2 nitrogen and oxygen atoms in total. The molecule has 2 unspecified atom stereocenters. The number of hydrogen-bond donors (Lipinski definition) is 1. The third kappa shape index (κ3) is 2.01. The predicted octanol–water partition coefficient (Wildman–Crippen LogP) is 2.57. The molecular formula is C14H15F2NO. The number of halogens is 2. The topological polar surface area (TPSA) is 21.3 Å². The molecule has 2 aliphatic heterocycles. The molecule has 1 saturated heterocycles. The second-order valence-electron chi connectivity index (χ2n) is 4.85. The van der Waals surface area contributed by atoms with Gasteiger partial charge in [-0.25, -0.2) is 8.78 Å². The predicted molar refractivity (Wildman–Crippen MR) is 64.1 cm³/mol. The maximum Gasteiger partial charge on any atom is 0.129 e. The molecule has 0 aromatic heterocycles. The SMILES string of the molecule is Fc1ccc(C2CNC=C3COCCC32)c(F)c1. The highest BCUT2D eigenvalue weighted by Gasteiger charge is 2.32. The molecule has 0 amide bonds. The molecule has 3 rings (SSSR count). The van der Waals surface area contributed by atoms with Crippen molar-refractivity contribution >= 4 is 0 Å². The minimum Gasteiger partial charge on any atom is -0.390 e. The van der Waals surface area contributed by atoms with Crippen LogP contribution in [-0.4, -0.2) is 19.8 Å². The fourth-order valence-electron chi connectivity index (χ4n) is 2.89. The molecule has 0 radical (unpaired) electrons. The molecule has 96 valence electrons. The summed E-state index contributed by atoms with van der Waals surface area (Å²) < 4.78 is 32.2. The van der Waals surface area contributed by atoms with Gasteiger partial charge in [-0.3, -0.25) is 0 Å². The zero-order chi connectivity index (χ0) is 12.5. The lowest BCUT2D eigenvalue weighted by atomic mass is 9.77. The summed E-state index contributed by atoms with van der Waals surface area (Å²) in [6, 6.07) is 3.86. The molecule has 0 spiro atoms. The minimum atomic E-state index is -0.525. The van der Waals surface area contributed by atoms with Crippen molar-refractivity contribution in [1.29, 1.82) is 0 Å². The monoisotopic (exact) mass is 251 g/mol. The van der Waals surface area contributed by atoms with Gasteiger partial charge in [0.15, 0.2) is 0 Å². The number of hydrogen-bond acceptors (Lipinski definition) is 2. The fourth-order valence-corrected chi connectivity index (χ4v) is 2.89. The number of benzene rings is 1. The van der Waals surface area contributed by atoms with E-state index in [2.05, 4.69) is 5.32 Å². The summed E-state index contributed by atoms with van der Waals surface area (Å²) in [5.41, 5.74) is 1.78. The van der Waals surface area contributed by atoms with Gasteiger partial charge in [0.25, 0.3) is 0 Å². The average molecular weight is 251 g/mol. The first-order chi connectivity index (χ1) is 8.75. The number of ether oxygens (including phenoxy) is 1. The lowest BCUT2D eigenvalue weighted by molar-refractivity contribution is 0.0959. The van der Waals surface area contributed by atoms with E-state index < -0.39 is 11.6 Å². The van der Waals surface area contributed by atoms with E-state index in [9.17, 15) is 8.78 Å². The number of fused-ring (bicyclic) bond motifs is 1. The van der Waals surface area contributed by atoms with Crippen LogP contribution in [-0.2, 0) is 4.74 Å². The first kappa shape index (κ1) is 11.7. The van der Waals surface area contributed by atoms with Gasteiger partial charge in [0.1, 0.15) is 11.6 Å². The maximum atomic E-state index is 13.9. The van der Waals surface area contributed by atoms with E-state index in [1.165, 1.54) is 11.6 Å². The largest absolute Gasteiger partial charge is 0.390 e. The van der Waals surface area contributed by atoms with Crippen LogP contribution in [0.4, 0.5) is 8.78 Å². The summed E-state index contributed by atoms with van der Waals surface area (Å²) >= 11 is 0. The lowest BCUT2D eigenvalue weighted by Crippen LogP contribution is -2.35. The Morgan fingerprint density at radius 2 is 2.11 bits per heavy atom. The summed E-state index contributed by atoms with van der Waals surface area (Å²) in [5, 5.41) is 3.17. The highest BCUT2D eigenvalue weighted by molar-refractivity contribution is 5.29. The van der Waals surface area contributed by atoms with E-state index in [1.807, 2.05) is 6.20 Å². The van der Waals surface area contributed by atoms with Crippen LogP contribution in [0.2, 0.25) is 0 Å². The second kappa shape index (κ2) is 4.69. The van der Waals surface area contributed by atoms with Crippen LogP contribution < -0.4 is 5.32 Å². The normalized spacial score (nSPS) is 27.1. The van der Waals surface area contributed by atoms with Crippen molar-refractivity contribution in [3.05, 3.63) is 47.2 Å². The number of rotatable bonds is 1. The van der Waals surface area contributed by atoms with Gasteiger partial charge >= 0.3 is 0 Å². The van der Waals surface area contributed by atoms with E-state index in [0.717, 1.165) is 12.5 Å². The maximum absolute atomic E-state index is 13.9. The Kier molecular flexibility index (Phi) is 3.04. The van der Waals surface area contributed by atoms with Crippen LogP contribution in [0.5, 0.6) is 0 Å². The first-order valence-corrected chi connectivity index (χ1v) is 6.20. The lowest BCUT2D eigenvalue weighted by Gasteiger charge is -2.36. The molecule has 1 aromatic carbocycles. The average Bonchev–Trinajstić information content (AvgIpc) is 2.38. The molecule has 1 aromatic rings. The minimum absolute atomic E-state index is 0.0644. The third-order valence-electron chi connectivity index (χ3n) is 3.79. The molecule has 1 N–H and O–H groups in total. The van der Waals surface area contributed by atoms with Crippen molar-refractivity contribution < 1.29 is 13.5 Å². The van der Waals surface area contributed by atoms with Gasteiger partial charge < -0.3 is 10.1 Å². The molecule has 0 aliphatic carbocycles. The van der Waals surface area contributed by atoms with E-state index in [-0.39, 0.29) is 5.92 Å². The van der Waals surface area contributed by atoms with Gasteiger partial charge in [-0.05, 0) is 35.7 Å². The van der Waals surface area contributed by atoms with Crippen molar-refractivity contribution in [3.8, 4) is 0 Å². The molecule has 1 fully saturated rings. The standard InChI is InChI=1S/C14H15F2NO/c15-10-1-2-12(14(16)5-10)13-7-17-6-9-8-18-4-3-11(9)13/h1-2,5-6,11,13,17H,3-4,7-8H2. The van der Waals surface area contributed by atoms with Gasteiger partial charge in [0.2, 0.25) is 0 Å². The smallest absolute Gasteiger partial charge is 0.129 e. The zero-order valence-electron chi connectivity index (χ0n) is 9.96. The Labute approximate surface area is 105 Å².